The number of tetrazole rings is 1. The molecule has 0 bridgehead atoms. The summed E-state index contributed by atoms with van der Waals surface area (Å²) in [5.41, 5.74) is 4.18. The summed E-state index contributed by atoms with van der Waals surface area (Å²) in [5.74, 6) is 0.832. The Kier molecular flexibility index (Phi) is 6.27. The Hall–Kier alpha value is -4.07. The highest BCUT2D eigenvalue weighted by Crippen LogP contribution is 2.26. The van der Waals surface area contributed by atoms with Gasteiger partial charge < -0.3 is 4.74 Å². The van der Waals surface area contributed by atoms with Crippen LogP contribution in [0.2, 0.25) is 0 Å². The normalized spacial score (nSPS) is 11.1. The molecule has 8 nitrogen and oxygen atoms in total. The molecule has 4 rings (SSSR count). The minimum absolute atomic E-state index is 0.0914. The number of hydrazone groups is 1. The van der Waals surface area contributed by atoms with E-state index in [1.54, 1.807) is 6.21 Å². The summed E-state index contributed by atoms with van der Waals surface area (Å²) in [6.07, 6.45) is 2.51. The van der Waals surface area contributed by atoms with Crippen LogP contribution in [0.4, 0.5) is 0 Å². The zero-order chi connectivity index (χ0) is 21.5. The fourth-order valence-corrected chi connectivity index (χ4v) is 3.09. The van der Waals surface area contributed by atoms with E-state index in [0.717, 1.165) is 34.1 Å². The maximum absolute atomic E-state index is 12.3. The number of hydrogen-bond acceptors (Lipinski definition) is 6. The van der Waals surface area contributed by atoms with Gasteiger partial charge in [-0.25, -0.2) is 5.43 Å². The lowest BCUT2D eigenvalue weighted by Gasteiger charge is -2.11. The molecule has 0 unspecified atom stereocenters. The topological polar surface area (TPSA) is 94.3 Å². The first-order valence-corrected chi connectivity index (χ1v) is 10.0. The zero-order valence-electron chi connectivity index (χ0n) is 17.1. The number of nitrogens with one attached hydrogen (secondary N) is 1. The van der Waals surface area contributed by atoms with Crippen molar-refractivity contribution in [3.63, 3.8) is 0 Å². The van der Waals surface area contributed by atoms with E-state index in [1.807, 2.05) is 66.7 Å². The van der Waals surface area contributed by atoms with Crippen LogP contribution in [0.5, 0.6) is 5.75 Å². The van der Waals surface area contributed by atoms with Crippen LogP contribution in [0.3, 0.4) is 0 Å². The molecule has 8 heteroatoms. The Balaban J connectivity index is 1.45. The summed E-state index contributed by atoms with van der Waals surface area (Å²) in [4.78, 5) is 13.5. The molecule has 0 aliphatic carbocycles. The lowest BCUT2D eigenvalue weighted by atomic mass is 10.0. The van der Waals surface area contributed by atoms with Crippen LogP contribution >= 0.6 is 0 Å². The number of ether oxygens (including phenoxy) is 1. The van der Waals surface area contributed by atoms with Gasteiger partial charge in [0.05, 0.1) is 12.8 Å². The summed E-state index contributed by atoms with van der Waals surface area (Å²) < 4.78 is 5.86. The van der Waals surface area contributed by atoms with Gasteiger partial charge in [-0.2, -0.15) is 9.90 Å². The quantitative estimate of drug-likeness (QED) is 0.352. The van der Waals surface area contributed by atoms with E-state index in [9.17, 15) is 4.79 Å². The second kappa shape index (κ2) is 9.62. The zero-order valence-corrected chi connectivity index (χ0v) is 17.1. The minimum atomic E-state index is -0.357. The fraction of sp³-hybridized carbons (Fsp3) is 0.174. The van der Waals surface area contributed by atoms with Crippen LogP contribution in [0.1, 0.15) is 18.9 Å². The number of hydrogen-bond donors (Lipinski definition) is 1. The molecule has 31 heavy (non-hydrogen) atoms. The van der Waals surface area contributed by atoms with Gasteiger partial charge in [-0.1, -0.05) is 67.6 Å². The van der Waals surface area contributed by atoms with Crippen molar-refractivity contribution >= 4 is 22.9 Å². The lowest BCUT2D eigenvalue weighted by molar-refractivity contribution is -0.122. The van der Waals surface area contributed by atoms with E-state index in [1.165, 1.54) is 4.80 Å². The molecule has 4 aromatic rings. The standard InChI is InChI=1S/C23H22N6O2/c1-2-14-31-21-13-12-17-8-6-7-11-19(17)20(21)15-24-25-22(30)16-29-27-23(26-28-29)18-9-4-3-5-10-18/h3-13,15H,2,14,16H2,1H3,(H,25,30)/b24-15-. The summed E-state index contributed by atoms with van der Waals surface area (Å²) in [6.45, 7) is 2.57. The van der Waals surface area contributed by atoms with Gasteiger partial charge in [0.1, 0.15) is 12.3 Å². The molecule has 0 saturated heterocycles. The van der Waals surface area contributed by atoms with Crippen LogP contribution in [0.15, 0.2) is 71.8 Å². The van der Waals surface area contributed by atoms with E-state index in [0.29, 0.717) is 12.4 Å². The van der Waals surface area contributed by atoms with Crippen molar-refractivity contribution in [3.8, 4) is 17.1 Å². The SMILES string of the molecule is CCCOc1ccc2ccccc2c1/C=N\NC(=O)Cn1nnc(-c2ccccc2)n1. The molecule has 0 aliphatic rings. The molecule has 0 fully saturated rings. The molecular formula is C23H22N6O2. The second-order valence-corrected chi connectivity index (χ2v) is 6.85. The number of carbonyl (C=O) groups excluding carboxylic acids is 1. The third kappa shape index (κ3) is 4.92. The number of benzene rings is 3. The Labute approximate surface area is 179 Å². The molecule has 3 aromatic carbocycles. The van der Waals surface area contributed by atoms with E-state index >= 15 is 0 Å². The third-order valence-corrected chi connectivity index (χ3v) is 4.55. The van der Waals surface area contributed by atoms with Gasteiger partial charge in [0.2, 0.25) is 5.82 Å². The highest BCUT2D eigenvalue weighted by Gasteiger charge is 2.10. The van der Waals surface area contributed by atoms with Crippen LogP contribution in [0, 0.1) is 0 Å². The number of carbonyl (C=O) groups is 1. The first-order chi connectivity index (χ1) is 15.2. The van der Waals surface area contributed by atoms with Gasteiger partial charge in [0.25, 0.3) is 5.91 Å². The Bertz CT molecular complexity index is 1200. The van der Waals surface area contributed by atoms with Crippen LogP contribution in [0.25, 0.3) is 22.2 Å². The van der Waals surface area contributed by atoms with E-state index in [2.05, 4.69) is 32.9 Å². The number of aromatic nitrogens is 4. The van der Waals surface area contributed by atoms with E-state index in [4.69, 9.17) is 4.74 Å². The molecule has 0 radical (unpaired) electrons. The molecule has 1 aromatic heterocycles. The predicted octanol–water partition coefficient (Wildman–Crippen LogP) is 3.43. The van der Waals surface area contributed by atoms with Gasteiger partial charge >= 0.3 is 0 Å². The third-order valence-electron chi connectivity index (χ3n) is 4.55. The largest absolute Gasteiger partial charge is 0.493 e. The molecule has 1 N–H and O–H groups in total. The number of nitrogens with zero attached hydrogens (tertiary/aromatic N) is 5. The maximum Gasteiger partial charge on any atom is 0.263 e. The van der Waals surface area contributed by atoms with Crippen molar-refractivity contribution in [1.82, 2.24) is 25.6 Å². The minimum Gasteiger partial charge on any atom is -0.493 e. The molecule has 1 amide bonds. The summed E-state index contributed by atoms with van der Waals surface area (Å²) >= 11 is 0. The Morgan fingerprint density at radius 3 is 2.74 bits per heavy atom. The van der Waals surface area contributed by atoms with Crippen molar-refractivity contribution in [2.45, 2.75) is 19.9 Å². The first kappa shape index (κ1) is 20.2. The van der Waals surface area contributed by atoms with Crippen molar-refractivity contribution < 1.29 is 9.53 Å². The average Bonchev–Trinajstić information content (AvgIpc) is 3.27. The fourth-order valence-electron chi connectivity index (χ4n) is 3.09. The van der Waals surface area contributed by atoms with Crippen molar-refractivity contribution in [1.29, 1.82) is 0 Å². The van der Waals surface area contributed by atoms with Crippen LogP contribution < -0.4 is 10.2 Å². The summed E-state index contributed by atoms with van der Waals surface area (Å²) in [6, 6.07) is 21.4. The predicted molar refractivity (Wildman–Crippen MR) is 119 cm³/mol. The molecule has 156 valence electrons. The second-order valence-electron chi connectivity index (χ2n) is 6.85. The number of rotatable bonds is 8. The molecule has 1 heterocycles. The lowest BCUT2D eigenvalue weighted by Crippen LogP contribution is -2.24. The first-order valence-electron chi connectivity index (χ1n) is 10.0. The summed E-state index contributed by atoms with van der Waals surface area (Å²) in [5, 5.41) is 18.4. The van der Waals surface area contributed by atoms with Crippen molar-refractivity contribution in [3.05, 3.63) is 72.3 Å². The molecule has 0 atom stereocenters. The maximum atomic E-state index is 12.3. The Morgan fingerprint density at radius 1 is 1.10 bits per heavy atom. The van der Waals surface area contributed by atoms with Crippen LogP contribution in [-0.4, -0.2) is 38.9 Å². The smallest absolute Gasteiger partial charge is 0.263 e. The van der Waals surface area contributed by atoms with E-state index < -0.39 is 0 Å². The highest BCUT2D eigenvalue weighted by atomic mass is 16.5. The highest BCUT2D eigenvalue weighted by molar-refractivity contribution is 6.02. The van der Waals surface area contributed by atoms with Gasteiger partial charge in [-0.3, -0.25) is 4.79 Å². The summed E-state index contributed by atoms with van der Waals surface area (Å²) in [7, 11) is 0. The van der Waals surface area contributed by atoms with Crippen molar-refractivity contribution in [2.75, 3.05) is 6.61 Å². The van der Waals surface area contributed by atoms with Gasteiger partial charge in [-0.05, 0) is 28.5 Å². The molecule has 0 aliphatic heterocycles. The molecular weight excluding hydrogens is 392 g/mol. The number of amides is 1. The average molecular weight is 414 g/mol. The van der Waals surface area contributed by atoms with Gasteiger partial charge in [0, 0.05) is 11.1 Å². The number of fused-ring (bicyclic) bond motifs is 1. The molecule has 0 spiro atoms. The van der Waals surface area contributed by atoms with Gasteiger partial charge in [0.15, 0.2) is 0 Å². The molecule has 0 saturated carbocycles. The Morgan fingerprint density at radius 2 is 1.90 bits per heavy atom. The van der Waals surface area contributed by atoms with Crippen LogP contribution in [-0.2, 0) is 11.3 Å². The van der Waals surface area contributed by atoms with E-state index in [-0.39, 0.29) is 12.5 Å². The van der Waals surface area contributed by atoms with Gasteiger partial charge in [-0.15, -0.1) is 10.2 Å². The monoisotopic (exact) mass is 414 g/mol. The van der Waals surface area contributed by atoms with Crippen molar-refractivity contribution in [2.24, 2.45) is 5.10 Å².